The molecule has 0 bridgehead atoms. The zero-order valence-electron chi connectivity index (χ0n) is 15.9. The van der Waals surface area contributed by atoms with Crippen LogP contribution in [0.2, 0.25) is 0 Å². The van der Waals surface area contributed by atoms with E-state index in [0.717, 1.165) is 20.8 Å². The minimum Gasteiger partial charge on any atom is -0.459 e. The minimum absolute atomic E-state index is 0.156. The van der Waals surface area contributed by atoms with Crippen LogP contribution in [-0.4, -0.2) is 16.0 Å². The van der Waals surface area contributed by atoms with Crippen LogP contribution in [0.25, 0.3) is 33.3 Å². The third kappa shape index (κ3) is 3.83. The lowest BCUT2D eigenvalue weighted by molar-refractivity contribution is 0.0950. The highest BCUT2D eigenvalue weighted by Crippen LogP contribution is 2.34. The summed E-state index contributed by atoms with van der Waals surface area (Å²) >= 11 is 8.82. The van der Waals surface area contributed by atoms with Crippen molar-refractivity contribution in [3.8, 4) is 11.5 Å². The van der Waals surface area contributed by atoms with Crippen LogP contribution in [0, 0.1) is 0 Å². The molecule has 0 saturated heterocycles. The Labute approximate surface area is 190 Å². The molecule has 2 aromatic heterocycles. The molecule has 0 spiro atoms. The van der Waals surface area contributed by atoms with E-state index in [1.165, 1.54) is 6.26 Å². The molecule has 5 aromatic rings. The van der Waals surface area contributed by atoms with Crippen molar-refractivity contribution in [2.75, 3.05) is 5.32 Å². The van der Waals surface area contributed by atoms with Gasteiger partial charge in [-0.25, -0.2) is 4.98 Å². The summed E-state index contributed by atoms with van der Waals surface area (Å²) in [5, 5.41) is 7.84. The fraction of sp³-hybridized carbons (Fsp3) is 0. The summed E-state index contributed by atoms with van der Waals surface area (Å²) in [7, 11) is 0. The predicted octanol–water partition coefficient (Wildman–Crippen LogP) is 6.13. The highest BCUT2D eigenvalue weighted by molar-refractivity contribution is 9.10. The summed E-state index contributed by atoms with van der Waals surface area (Å²) in [4.78, 5) is 16.7. The van der Waals surface area contributed by atoms with Gasteiger partial charge in [0.05, 0.1) is 6.26 Å². The molecule has 1 amide bonds. The molecule has 2 N–H and O–H groups in total. The number of aromatic nitrogens is 1. The summed E-state index contributed by atoms with van der Waals surface area (Å²) in [6, 6.07) is 20.7. The van der Waals surface area contributed by atoms with Crippen molar-refractivity contribution in [3.05, 3.63) is 83.2 Å². The Morgan fingerprint density at radius 1 is 1.00 bits per heavy atom. The molecule has 0 saturated carbocycles. The molecule has 2 heterocycles. The maximum absolute atomic E-state index is 12.0. The van der Waals surface area contributed by atoms with Gasteiger partial charge >= 0.3 is 0 Å². The SMILES string of the molecule is O=C(NC(=S)Nc1ccc2oc(-c3cccc4c(Br)cccc34)nc2c1)c1ccco1. The minimum atomic E-state index is -0.422. The number of carbonyl (C=O) groups is 1. The van der Waals surface area contributed by atoms with Crippen molar-refractivity contribution >= 4 is 66.7 Å². The quantitative estimate of drug-likeness (QED) is 0.295. The van der Waals surface area contributed by atoms with E-state index < -0.39 is 5.91 Å². The summed E-state index contributed by atoms with van der Waals surface area (Å²) < 4.78 is 12.1. The number of anilines is 1. The maximum Gasteiger partial charge on any atom is 0.293 e. The molecule has 0 fully saturated rings. The molecular weight excluding hydrogens is 478 g/mol. The molecule has 0 atom stereocenters. The van der Waals surface area contributed by atoms with Crippen molar-refractivity contribution in [2.45, 2.75) is 0 Å². The standard InChI is InChI=1S/C23H14BrN3O3S/c24-17-7-2-4-14-15(17)5-1-6-16(14)22-26-18-12-13(9-10-19(18)30-22)25-23(31)27-21(28)20-8-3-11-29-20/h1-12H,(H2,25,27,28,31). The van der Waals surface area contributed by atoms with Crippen LogP contribution in [0.4, 0.5) is 5.69 Å². The Balaban J connectivity index is 1.41. The van der Waals surface area contributed by atoms with E-state index in [-0.39, 0.29) is 10.9 Å². The zero-order valence-corrected chi connectivity index (χ0v) is 18.3. The van der Waals surface area contributed by atoms with Crippen LogP contribution in [0.3, 0.4) is 0 Å². The average Bonchev–Trinajstić information content (AvgIpc) is 3.43. The number of thiocarbonyl (C=S) groups is 1. The van der Waals surface area contributed by atoms with Gasteiger partial charge in [-0.2, -0.15) is 0 Å². The third-order valence-corrected chi connectivity index (χ3v) is 5.61. The maximum atomic E-state index is 12.0. The van der Waals surface area contributed by atoms with Crippen LogP contribution >= 0.6 is 28.1 Å². The monoisotopic (exact) mass is 491 g/mol. The van der Waals surface area contributed by atoms with Crippen LogP contribution in [0.5, 0.6) is 0 Å². The van der Waals surface area contributed by atoms with Crippen molar-refractivity contribution in [1.82, 2.24) is 10.3 Å². The molecule has 31 heavy (non-hydrogen) atoms. The van der Waals surface area contributed by atoms with Crippen molar-refractivity contribution in [1.29, 1.82) is 0 Å². The molecule has 3 aromatic carbocycles. The first-order chi connectivity index (χ1) is 15.1. The van der Waals surface area contributed by atoms with E-state index in [0.29, 0.717) is 22.7 Å². The molecule has 8 heteroatoms. The van der Waals surface area contributed by atoms with Crippen LogP contribution < -0.4 is 10.6 Å². The van der Waals surface area contributed by atoms with E-state index in [4.69, 9.17) is 21.1 Å². The number of oxazole rings is 1. The van der Waals surface area contributed by atoms with Gasteiger partial charge in [-0.15, -0.1) is 0 Å². The molecule has 5 rings (SSSR count). The Morgan fingerprint density at radius 3 is 2.68 bits per heavy atom. The van der Waals surface area contributed by atoms with Gasteiger partial charge in [-0.05, 0) is 65.5 Å². The first-order valence-corrected chi connectivity index (χ1v) is 10.5. The Kier molecular flexibility index (Phi) is 5.01. The van der Waals surface area contributed by atoms with Crippen LogP contribution in [-0.2, 0) is 0 Å². The number of halogens is 1. The molecule has 0 aliphatic carbocycles. The smallest absolute Gasteiger partial charge is 0.293 e. The van der Waals surface area contributed by atoms with Crippen molar-refractivity contribution < 1.29 is 13.6 Å². The largest absolute Gasteiger partial charge is 0.459 e. The van der Waals surface area contributed by atoms with Crippen molar-refractivity contribution in [2.24, 2.45) is 0 Å². The fourth-order valence-corrected chi connectivity index (χ4v) is 4.02. The Hall–Kier alpha value is -3.49. The number of hydrogen-bond acceptors (Lipinski definition) is 5. The number of amides is 1. The first-order valence-electron chi connectivity index (χ1n) is 9.32. The van der Waals surface area contributed by atoms with E-state index >= 15 is 0 Å². The van der Waals surface area contributed by atoms with Gasteiger partial charge < -0.3 is 14.2 Å². The van der Waals surface area contributed by atoms with Gasteiger partial charge in [0.15, 0.2) is 16.5 Å². The highest BCUT2D eigenvalue weighted by Gasteiger charge is 2.14. The highest BCUT2D eigenvalue weighted by atomic mass is 79.9. The van der Waals surface area contributed by atoms with Crippen molar-refractivity contribution in [3.63, 3.8) is 0 Å². The summed E-state index contributed by atoms with van der Waals surface area (Å²) in [5.74, 6) is 0.293. The van der Waals surface area contributed by atoms with Gasteiger partial charge in [0, 0.05) is 15.7 Å². The van der Waals surface area contributed by atoms with Gasteiger partial charge in [-0.1, -0.05) is 40.2 Å². The number of benzene rings is 3. The molecular formula is C23H14BrN3O3S. The second-order valence-corrected chi connectivity index (χ2v) is 7.99. The van der Waals surface area contributed by atoms with Crippen LogP contribution in [0.15, 0.2) is 86.3 Å². The number of furan rings is 1. The predicted molar refractivity (Wildman–Crippen MR) is 127 cm³/mol. The van der Waals surface area contributed by atoms with E-state index in [1.54, 1.807) is 12.1 Å². The first kappa shape index (κ1) is 19.5. The average molecular weight is 492 g/mol. The van der Waals surface area contributed by atoms with Gasteiger partial charge in [-0.3, -0.25) is 10.1 Å². The lowest BCUT2D eigenvalue weighted by Gasteiger charge is -2.08. The van der Waals surface area contributed by atoms with E-state index in [1.807, 2.05) is 54.6 Å². The summed E-state index contributed by atoms with van der Waals surface area (Å²) in [5.41, 5.74) is 2.91. The van der Waals surface area contributed by atoms with Gasteiger partial charge in [0.1, 0.15) is 5.52 Å². The van der Waals surface area contributed by atoms with Gasteiger partial charge in [0.2, 0.25) is 5.89 Å². The molecule has 0 unspecified atom stereocenters. The molecule has 0 aliphatic heterocycles. The number of fused-ring (bicyclic) bond motifs is 2. The summed E-state index contributed by atoms with van der Waals surface area (Å²) in [6.07, 6.45) is 1.43. The van der Waals surface area contributed by atoms with E-state index in [9.17, 15) is 4.79 Å². The Bertz CT molecular complexity index is 1440. The molecule has 152 valence electrons. The second kappa shape index (κ2) is 7.98. The van der Waals surface area contributed by atoms with E-state index in [2.05, 4.69) is 31.5 Å². The second-order valence-electron chi connectivity index (χ2n) is 6.73. The fourth-order valence-electron chi connectivity index (χ4n) is 3.31. The number of nitrogens with zero attached hydrogens (tertiary/aromatic N) is 1. The molecule has 0 radical (unpaired) electrons. The lowest BCUT2D eigenvalue weighted by atomic mass is 10.0. The third-order valence-electron chi connectivity index (χ3n) is 4.72. The number of nitrogens with one attached hydrogen (secondary N) is 2. The topological polar surface area (TPSA) is 80.3 Å². The molecule has 0 aliphatic rings. The number of hydrogen-bond donors (Lipinski definition) is 2. The zero-order chi connectivity index (χ0) is 21.4. The lowest BCUT2D eigenvalue weighted by Crippen LogP contribution is -2.33. The summed E-state index contributed by atoms with van der Waals surface area (Å²) in [6.45, 7) is 0. The van der Waals surface area contributed by atoms with Gasteiger partial charge in [0.25, 0.3) is 5.91 Å². The number of carbonyl (C=O) groups excluding carboxylic acids is 1. The Morgan fingerprint density at radius 2 is 1.84 bits per heavy atom. The number of rotatable bonds is 3. The van der Waals surface area contributed by atoms with Crippen LogP contribution in [0.1, 0.15) is 10.6 Å². The normalized spacial score (nSPS) is 11.0. The molecule has 6 nitrogen and oxygen atoms in total.